The molecule has 0 unspecified atom stereocenters. The zero-order valence-electron chi connectivity index (χ0n) is 10.4. The molecule has 98 valence electrons. The minimum atomic E-state index is -1.09. The Morgan fingerprint density at radius 1 is 1.26 bits per heavy atom. The molecule has 0 saturated carbocycles. The molecular weight excluding hydrogens is 266 g/mol. The van der Waals surface area contributed by atoms with Gasteiger partial charge in [0.25, 0.3) is 0 Å². The van der Waals surface area contributed by atoms with E-state index in [2.05, 4.69) is 15.3 Å². The molecule has 1 aromatic heterocycles. The molecule has 5 nitrogen and oxygen atoms in total. The van der Waals surface area contributed by atoms with Gasteiger partial charge in [-0.2, -0.15) is 0 Å². The Kier molecular flexibility index (Phi) is 3.66. The maximum atomic E-state index is 10.9. The minimum Gasteiger partial charge on any atom is -0.477 e. The molecule has 19 heavy (non-hydrogen) atoms. The Labute approximate surface area is 115 Å². The van der Waals surface area contributed by atoms with Crippen LogP contribution in [0.15, 0.2) is 24.3 Å². The van der Waals surface area contributed by atoms with Crippen LogP contribution in [0.4, 0.5) is 11.6 Å². The number of aromatic nitrogens is 2. The van der Waals surface area contributed by atoms with E-state index in [1.807, 2.05) is 13.0 Å². The van der Waals surface area contributed by atoms with Crippen LogP contribution in [0.1, 0.15) is 21.7 Å². The number of nitrogens with zero attached hydrogens (tertiary/aromatic N) is 2. The molecule has 1 aromatic carbocycles. The molecule has 2 N–H and O–H groups in total. The second-order valence-corrected chi connectivity index (χ2v) is 4.54. The van der Waals surface area contributed by atoms with E-state index in [1.165, 1.54) is 6.07 Å². The lowest BCUT2D eigenvalue weighted by Crippen LogP contribution is -2.07. The first-order valence-corrected chi connectivity index (χ1v) is 5.95. The van der Waals surface area contributed by atoms with Gasteiger partial charge >= 0.3 is 5.97 Å². The number of aromatic carboxylic acids is 1. The standard InChI is InChI=1S/C13H12ClN3O2/c1-7-3-4-9(14)6-10(7)16-13-15-8(2)5-11(17-13)12(18)19/h3-6H,1-2H3,(H,18,19)(H,15,16,17). The molecule has 0 atom stereocenters. The van der Waals surface area contributed by atoms with Crippen molar-refractivity contribution in [3.8, 4) is 0 Å². The van der Waals surface area contributed by atoms with Crippen molar-refractivity contribution >= 4 is 29.2 Å². The van der Waals surface area contributed by atoms with E-state index in [-0.39, 0.29) is 11.6 Å². The maximum Gasteiger partial charge on any atom is 0.354 e. The van der Waals surface area contributed by atoms with Crippen LogP contribution < -0.4 is 5.32 Å². The number of nitrogens with one attached hydrogen (secondary N) is 1. The molecule has 0 bridgehead atoms. The number of hydrogen-bond donors (Lipinski definition) is 2. The Bertz CT molecular complexity index is 644. The molecule has 0 saturated heterocycles. The van der Waals surface area contributed by atoms with Crippen LogP contribution in [-0.4, -0.2) is 21.0 Å². The summed E-state index contributed by atoms with van der Waals surface area (Å²) in [6.45, 7) is 3.62. The van der Waals surface area contributed by atoms with Gasteiger partial charge in [0.1, 0.15) is 0 Å². The monoisotopic (exact) mass is 277 g/mol. The maximum absolute atomic E-state index is 10.9. The van der Waals surface area contributed by atoms with E-state index >= 15 is 0 Å². The summed E-state index contributed by atoms with van der Waals surface area (Å²) in [4.78, 5) is 19.0. The highest BCUT2D eigenvalue weighted by molar-refractivity contribution is 6.30. The van der Waals surface area contributed by atoms with Gasteiger partial charge < -0.3 is 10.4 Å². The first kappa shape index (κ1) is 13.3. The zero-order chi connectivity index (χ0) is 14.0. The van der Waals surface area contributed by atoms with E-state index in [0.29, 0.717) is 10.7 Å². The summed E-state index contributed by atoms with van der Waals surface area (Å²) >= 11 is 5.92. The number of hydrogen-bond acceptors (Lipinski definition) is 4. The van der Waals surface area contributed by atoms with Gasteiger partial charge in [-0.25, -0.2) is 14.8 Å². The highest BCUT2D eigenvalue weighted by atomic mass is 35.5. The number of halogens is 1. The van der Waals surface area contributed by atoms with E-state index in [9.17, 15) is 4.79 Å². The second-order valence-electron chi connectivity index (χ2n) is 4.11. The lowest BCUT2D eigenvalue weighted by molar-refractivity contribution is 0.0690. The van der Waals surface area contributed by atoms with Crippen molar-refractivity contribution < 1.29 is 9.90 Å². The summed E-state index contributed by atoms with van der Waals surface area (Å²) in [5.41, 5.74) is 2.24. The summed E-state index contributed by atoms with van der Waals surface area (Å²) in [5.74, 6) is -0.848. The molecule has 0 fully saturated rings. The summed E-state index contributed by atoms with van der Waals surface area (Å²) in [6, 6.07) is 6.79. The van der Waals surface area contributed by atoms with Crippen LogP contribution >= 0.6 is 11.6 Å². The molecule has 0 radical (unpaired) electrons. The summed E-state index contributed by atoms with van der Waals surface area (Å²) in [6.07, 6.45) is 0. The van der Waals surface area contributed by atoms with Crippen molar-refractivity contribution in [3.05, 3.63) is 46.2 Å². The van der Waals surface area contributed by atoms with Crippen molar-refractivity contribution in [2.75, 3.05) is 5.32 Å². The Hall–Kier alpha value is -2.14. The summed E-state index contributed by atoms with van der Waals surface area (Å²) in [5, 5.41) is 12.5. The van der Waals surface area contributed by atoms with Crippen LogP contribution in [0.5, 0.6) is 0 Å². The molecular formula is C13H12ClN3O2. The van der Waals surface area contributed by atoms with Crippen LogP contribution in [0.25, 0.3) is 0 Å². The van der Waals surface area contributed by atoms with Gasteiger partial charge in [-0.15, -0.1) is 0 Å². The molecule has 6 heteroatoms. The quantitative estimate of drug-likeness (QED) is 0.901. The molecule has 0 spiro atoms. The van der Waals surface area contributed by atoms with Crippen molar-refractivity contribution in [3.63, 3.8) is 0 Å². The predicted octanol–water partition coefficient (Wildman–Crippen LogP) is 3.19. The zero-order valence-corrected chi connectivity index (χ0v) is 11.2. The number of anilines is 2. The average molecular weight is 278 g/mol. The van der Waals surface area contributed by atoms with Crippen molar-refractivity contribution in [2.24, 2.45) is 0 Å². The topological polar surface area (TPSA) is 75.1 Å². The van der Waals surface area contributed by atoms with Crippen molar-refractivity contribution in [2.45, 2.75) is 13.8 Å². The van der Waals surface area contributed by atoms with E-state index in [0.717, 1.165) is 11.3 Å². The number of aryl methyl sites for hydroxylation is 2. The fraction of sp³-hybridized carbons (Fsp3) is 0.154. The first-order valence-electron chi connectivity index (χ1n) is 5.58. The van der Waals surface area contributed by atoms with Gasteiger partial charge in [-0.1, -0.05) is 17.7 Å². The largest absolute Gasteiger partial charge is 0.477 e. The third-order valence-electron chi connectivity index (χ3n) is 2.52. The number of carboxylic acids is 1. The number of carbonyl (C=O) groups is 1. The van der Waals surface area contributed by atoms with Gasteiger partial charge in [0.2, 0.25) is 5.95 Å². The molecule has 2 rings (SSSR count). The Balaban J connectivity index is 2.38. The van der Waals surface area contributed by atoms with Gasteiger partial charge in [0.05, 0.1) is 0 Å². The van der Waals surface area contributed by atoms with Crippen LogP contribution in [0, 0.1) is 13.8 Å². The number of rotatable bonds is 3. The molecule has 0 aliphatic carbocycles. The smallest absolute Gasteiger partial charge is 0.354 e. The van der Waals surface area contributed by atoms with Gasteiger partial charge in [0.15, 0.2) is 5.69 Å². The third-order valence-corrected chi connectivity index (χ3v) is 2.75. The average Bonchev–Trinajstić information content (AvgIpc) is 2.33. The minimum absolute atomic E-state index is 0.0466. The first-order chi connectivity index (χ1) is 8.95. The second kappa shape index (κ2) is 5.24. The molecule has 0 aliphatic heterocycles. The Morgan fingerprint density at radius 2 is 2.00 bits per heavy atom. The SMILES string of the molecule is Cc1cc(C(=O)O)nc(Nc2cc(Cl)ccc2C)n1. The van der Waals surface area contributed by atoms with E-state index in [4.69, 9.17) is 16.7 Å². The number of benzene rings is 1. The molecule has 0 amide bonds. The van der Waals surface area contributed by atoms with E-state index < -0.39 is 5.97 Å². The highest BCUT2D eigenvalue weighted by Crippen LogP contribution is 2.22. The molecule has 0 aliphatic rings. The summed E-state index contributed by atoms with van der Waals surface area (Å²) in [7, 11) is 0. The molecule has 1 heterocycles. The normalized spacial score (nSPS) is 10.3. The fourth-order valence-corrected chi connectivity index (χ4v) is 1.76. The van der Waals surface area contributed by atoms with Gasteiger partial charge in [0, 0.05) is 16.4 Å². The van der Waals surface area contributed by atoms with E-state index in [1.54, 1.807) is 19.1 Å². The van der Waals surface area contributed by atoms with Crippen LogP contribution in [0.3, 0.4) is 0 Å². The predicted molar refractivity (Wildman–Crippen MR) is 73.2 cm³/mol. The molecule has 2 aromatic rings. The third kappa shape index (κ3) is 3.20. The van der Waals surface area contributed by atoms with Crippen LogP contribution in [-0.2, 0) is 0 Å². The van der Waals surface area contributed by atoms with Gasteiger partial charge in [-0.05, 0) is 37.6 Å². The Morgan fingerprint density at radius 3 is 2.68 bits per heavy atom. The number of carboxylic acid groups (broad SMARTS) is 1. The lowest BCUT2D eigenvalue weighted by atomic mass is 10.2. The van der Waals surface area contributed by atoms with Crippen LogP contribution in [0.2, 0.25) is 5.02 Å². The fourth-order valence-electron chi connectivity index (χ4n) is 1.58. The summed E-state index contributed by atoms with van der Waals surface area (Å²) < 4.78 is 0. The van der Waals surface area contributed by atoms with Gasteiger partial charge in [-0.3, -0.25) is 0 Å². The lowest BCUT2D eigenvalue weighted by Gasteiger charge is -2.09. The van der Waals surface area contributed by atoms with Crippen molar-refractivity contribution in [1.29, 1.82) is 0 Å². The highest BCUT2D eigenvalue weighted by Gasteiger charge is 2.09. The van der Waals surface area contributed by atoms with Crippen molar-refractivity contribution in [1.82, 2.24) is 9.97 Å².